The molecule has 1 atom stereocenters. The van der Waals surface area contributed by atoms with Crippen LogP contribution in [0.3, 0.4) is 0 Å². The van der Waals surface area contributed by atoms with Crippen molar-refractivity contribution in [2.24, 2.45) is 0 Å². The van der Waals surface area contributed by atoms with Crippen LogP contribution in [0.5, 0.6) is 0 Å². The predicted octanol–water partition coefficient (Wildman–Crippen LogP) is 3.76. The third-order valence-corrected chi connectivity index (χ3v) is 4.31. The van der Waals surface area contributed by atoms with Crippen LogP contribution in [0.2, 0.25) is 0 Å². The molecule has 2 heteroatoms. The molecule has 0 saturated heterocycles. The average Bonchev–Trinajstić information content (AvgIpc) is 2.68. The zero-order chi connectivity index (χ0) is 13.6. The standard InChI is InChI=1S/C17H22N2/c1-5-8-17(3)11-19(4)10-14-13-9-12(2)6-7-15(13)18-16(14)17/h5-7,9,18H,1,8,10-11H2,2-4H3/t17-/m1/s1. The van der Waals surface area contributed by atoms with E-state index in [-0.39, 0.29) is 5.41 Å². The molecule has 2 aromatic rings. The third kappa shape index (κ3) is 1.91. The van der Waals surface area contributed by atoms with Crippen LogP contribution in [0.4, 0.5) is 0 Å². The van der Waals surface area contributed by atoms with Gasteiger partial charge < -0.3 is 9.88 Å². The quantitative estimate of drug-likeness (QED) is 0.809. The van der Waals surface area contributed by atoms with Crippen molar-refractivity contribution < 1.29 is 0 Å². The van der Waals surface area contributed by atoms with Crippen LogP contribution in [-0.2, 0) is 12.0 Å². The molecule has 0 bridgehead atoms. The lowest BCUT2D eigenvalue weighted by molar-refractivity contribution is 0.222. The fourth-order valence-corrected chi connectivity index (χ4v) is 3.53. The first-order chi connectivity index (χ1) is 9.03. The second-order valence-electron chi connectivity index (χ2n) is 6.25. The minimum Gasteiger partial charge on any atom is -0.358 e. The van der Waals surface area contributed by atoms with Crippen molar-refractivity contribution in [3.8, 4) is 0 Å². The van der Waals surface area contributed by atoms with E-state index in [9.17, 15) is 0 Å². The molecule has 1 N–H and O–H groups in total. The van der Waals surface area contributed by atoms with E-state index >= 15 is 0 Å². The summed E-state index contributed by atoms with van der Waals surface area (Å²) in [6.07, 6.45) is 3.05. The van der Waals surface area contributed by atoms with Crippen molar-refractivity contribution in [2.75, 3.05) is 13.6 Å². The summed E-state index contributed by atoms with van der Waals surface area (Å²) in [6.45, 7) is 10.5. The smallest absolute Gasteiger partial charge is 0.0459 e. The van der Waals surface area contributed by atoms with Gasteiger partial charge in [-0.25, -0.2) is 0 Å². The summed E-state index contributed by atoms with van der Waals surface area (Å²) in [5, 5.41) is 1.39. The van der Waals surface area contributed by atoms with E-state index in [1.54, 1.807) is 0 Å². The van der Waals surface area contributed by atoms with Gasteiger partial charge in [-0.2, -0.15) is 0 Å². The zero-order valence-corrected chi connectivity index (χ0v) is 12.1. The van der Waals surface area contributed by atoms with Gasteiger partial charge in [-0.15, -0.1) is 6.58 Å². The molecule has 0 amide bonds. The number of likely N-dealkylation sites (N-methyl/N-ethyl adjacent to an activating group) is 1. The van der Waals surface area contributed by atoms with Crippen LogP contribution in [0.25, 0.3) is 10.9 Å². The van der Waals surface area contributed by atoms with Crippen molar-refractivity contribution in [3.05, 3.63) is 47.7 Å². The Kier molecular flexibility index (Phi) is 2.79. The maximum atomic E-state index is 3.93. The number of nitrogens with one attached hydrogen (secondary N) is 1. The summed E-state index contributed by atoms with van der Waals surface area (Å²) in [6, 6.07) is 6.69. The number of aromatic nitrogens is 1. The highest BCUT2D eigenvalue weighted by atomic mass is 15.1. The molecule has 2 heterocycles. The highest BCUT2D eigenvalue weighted by Gasteiger charge is 2.35. The Labute approximate surface area is 115 Å². The molecule has 1 aromatic carbocycles. The van der Waals surface area contributed by atoms with Gasteiger partial charge in [0.15, 0.2) is 0 Å². The minimum atomic E-state index is 0.150. The highest BCUT2D eigenvalue weighted by Crippen LogP contribution is 2.39. The molecule has 100 valence electrons. The fraction of sp³-hybridized carbons (Fsp3) is 0.412. The molecule has 0 saturated carbocycles. The van der Waals surface area contributed by atoms with E-state index in [4.69, 9.17) is 0 Å². The molecule has 1 aliphatic rings. The number of rotatable bonds is 2. The van der Waals surface area contributed by atoms with E-state index < -0.39 is 0 Å². The summed E-state index contributed by atoms with van der Waals surface area (Å²) in [5.41, 5.74) is 5.62. The number of allylic oxidation sites excluding steroid dienone is 1. The van der Waals surface area contributed by atoms with Crippen molar-refractivity contribution in [2.45, 2.75) is 32.2 Å². The van der Waals surface area contributed by atoms with Crippen LogP contribution >= 0.6 is 0 Å². The molecule has 0 fully saturated rings. The minimum absolute atomic E-state index is 0.150. The van der Waals surface area contributed by atoms with Crippen molar-refractivity contribution in [1.82, 2.24) is 9.88 Å². The van der Waals surface area contributed by atoms with Gasteiger partial charge in [0.1, 0.15) is 0 Å². The van der Waals surface area contributed by atoms with Crippen LogP contribution in [0.1, 0.15) is 30.2 Å². The average molecular weight is 254 g/mol. The van der Waals surface area contributed by atoms with E-state index in [1.165, 1.54) is 27.7 Å². The lowest BCUT2D eigenvalue weighted by Crippen LogP contribution is -2.41. The summed E-state index contributed by atoms with van der Waals surface area (Å²) in [7, 11) is 2.21. The first-order valence-electron chi connectivity index (χ1n) is 6.94. The first kappa shape index (κ1) is 12.5. The molecule has 1 aliphatic heterocycles. The van der Waals surface area contributed by atoms with Gasteiger partial charge in [0.2, 0.25) is 0 Å². The number of hydrogen-bond donors (Lipinski definition) is 1. The van der Waals surface area contributed by atoms with Crippen LogP contribution in [-0.4, -0.2) is 23.5 Å². The van der Waals surface area contributed by atoms with Crippen molar-refractivity contribution >= 4 is 10.9 Å². The summed E-state index contributed by atoms with van der Waals surface area (Å²) in [5.74, 6) is 0. The molecule has 0 unspecified atom stereocenters. The predicted molar refractivity (Wildman–Crippen MR) is 81.5 cm³/mol. The largest absolute Gasteiger partial charge is 0.358 e. The Morgan fingerprint density at radius 1 is 1.47 bits per heavy atom. The van der Waals surface area contributed by atoms with Crippen LogP contribution < -0.4 is 0 Å². The summed E-state index contributed by atoms with van der Waals surface area (Å²) >= 11 is 0. The Hall–Kier alpha value is -1.54. The second kappa shape index (κ2) is 4.24. The van der Waals surface area contributed by atoms with Crippen LogP contribution in [0.15, 0.2) is 30.9 Å². The second-order valence-corrected chi connectivity index (χ2v) is 6.25. The van der Waals surface area contributed by atoms with Crippen molar-refractivity contribution in [1.29, 1.82) is 0 Å². The van der Waals surface area contributed by atoms with Gasteiger partial charge in [0, 0.05) is 35.1 Å². The Balaban J connectivity index is 2.25. The van der Waals surface area contributed by atoms with Gasteiger partial charge in [-0.1, -0.05) is 24.6 Å². The molecule has 2 nitrogen and oxygen atoms in total. The summed E-state index contributed by atoms with van der Waals surface area (Å²) < 4.78 is 0. The fourth-order valence-electron chi connectivity index (χ4n) is 3.53. The number of hydrogen-bond acceptors (Lipinski definition) is 1. The molecule has 0 radical (unpaired) electrons. The summed E-state index contributed by atoms with van der Waals surface area (Å²) in [4.78, 5) is 6.08. The Morgan fingerprint density at radius 2 is 2.26 bits per heavy atom. The number of nitrogens with zero attached hydrogens (tertiary/aromatic N) is 1. The lowest BCUT2D eigenvalue weighted by atomic mass is 9.78. The molecular weight excluding hydrogens is 232 g/mol. The normalized spacial score (nSPS) is 23.5. The Morgan fingerprint density at radius 3 is 3.00 bits per heavy atom. The number of benzene rings is 1. The zero-order valence-electron chi connectivity index (χ0n) is 12.1. The van der Waals surface area contributed by atoms with Crippen LogP contribution in [0, 0.1) is 6.92 Å². The van der Waals surface area contributed by atoms with Gasteiger partial charge in [-0.05, 0) is 38.1 Å². The molecule has 0 spiro atoms. The molecule has 3 rings (SSSR count). The molecular formula is C17H22N2. The van der Waals surface area contributed by atoms with Gasteiger partial charge in [0.25, 0.3) is 0 Å². The van der Waals surface area contributed by atoms with E-state index in [1.807, 2.05) is 6.08 Å². The maximum Gasteiger partial charge on any atom is 0.0459 e. The third-order valence-electron chi connectivity index (χ3n) is 4.31. The van der Waals surface area contributed by atoms with E-state index in [0.29, 0.717) is 0 Å². The molecule has 1 aromatic heterocycles. The van der Waals surface area contributed by atoms with E-state index in [2.05, 4.69) is 55.6 Å². The monoisotopic (exact) mass is 254 g/mol. The SMILES string of the molecule is C=CC[C@]1(C)CN(C)Cc2c1[nH]c1ccc(C)cc21. The Bertz CT molecular complexity index is 638. The number of fused-ring (bicyclic) bond motifs is 3. The highest BCUT2D eigenvalue weighted by molar-refractivity contribution is 5.86. The van der Waals surface area contributed by atoms with Gasteiger partial charge >= 0.3 is 0 Å². The molecule has 19 heavy (non-hydrogen) atoms. The van der Waals surface area contributed by atoms with Gasteiger partial charge in [0.05, 0.1) is 0 Å². The maximum absolute atomic E-state index is 3.93. The first-order valence-corrected chi connectivity index (χ1v) is 6.94. The number of aryl methyl sites for hydroxylation is 1. The number of aromatic amines is 1. The van der Waals surface area contributed by atoms with Gasteiger partial charge in [-0.3, -0.25) is 0 Å². The molecule has 0 aliphatic carbocycles. The number of H-pyrrole nitrogens is 1. The van der Waals surface area contributed by atoms with Crippen molar-refractivity contribution in [3.63, 3.8) is 0 Å². The lowest BCUT2D eigenvalue weighted by Gasteiger charge is -2.38. The topological polar surface area (TPSA) is 19.0 Å². The van der Waals surface area contributed by atoms with E-state index in [0.717, 1.165) is 19.5 Å².